The number of hydrogen-bond donors (Lipinski definition) is 0. The smallest absolute Gasteiger partial charge is 0.149 e. The first-order valence-corrected chi connectivity index (χ1v) is 6.28. The molecule has 0 radical (unpaired) electrons. The Morgan fingerprint density at radius 3 is 2.35 bits per heavy atom. The van der Waals surface area contributed by atoms with Gasteiger partial charge in [0.05, 0.1) is 0 Å². The van der Waals surface area contributed by atoms with Gasteiger partial charge in [0.2, 0.25) is 0 Å². The van der Waals surface area contributed by atoms with Gasteiger partial charge < -0.3 is 4.90 Å². The summed E-state index contributed by atoms with van der Waals surface area (Å²) in [7, 11) is 0. The molecule has 0 bridgehead atoms. The molecule has 0 spiro atoms. The predicted octanol–water partition coefficient (Wildman–Crippen LogP) is 4.04. The molecule has 1 fully saturated rings. The van der Waals surface area contributed by atoms with E-state index in [1.165, 1.54) is 12.1 Å². The van der Waals surface area contributed by atoms with E-state index in [1.54, 1.807) is 6.92 Å². The van der Waals surface area contributed by atoms with Crippen LogP contribution in [0.2, 0.25) is 0 Å². The monoisotopic (exact) mass is 239 g/mol. The number of hydrogen-bond acceptors (Lipinski definition) is 1. The normalized spacial score (nSPS) is 24.4. The van der Waals surface area contributed by atoms with Crippen LogP contribution in [-0.2, 0) is 0 Å². The molecule has 0 saturated carbocycles. The molecule has 0 N–H and O–H groups in total. The minimum absolute atomic E-state index is 0.160. The average Bonchev–Trinajstić information content (AvgIpc) is 2.59. The zero-order chi connectivity index (χ0) is 12.6. The van der Waals surface area contributed by atoms with Crippen LogP contribution in [0.15, 0.2) is 12.1 Å². The lowest BCUT2D eigenvalue weighted by Gasteiger charge is -2.31. The van der Waals surface area contributed by atoms with E-state index in [9.17, 15) is 8.78 Å². The molecule has 1 aromatic rings. The molecule has 0 amide bonds. The highest BCUT2D eigenvalue weighted by Crippen LogP contribution is 2.35. The fraction of sp³-hybridized carbons (Fsp3) is 0.571. The Hall–Kier alpha value is -1.12. The highest BCUT2D eigenvalue weighted by Gasteiger charge is 2.32. The van der Waals surface area contributed by atoms with Gasteiger partial charge in [0, 0.05) is 12.1 Å². The van der Waals surface area contributed by atoms with Gasteiger partial charge in [-0.05, 0) is 50.8 Å². The maximum absolute atomic E-state index is 14.0. The molecule has 17 heavy (non-hydrogen) atoms. The zero-order valence-corrected chi connectivity index (χ0v) is 10.6. The maximum atomic E-state index is 14.0. The first-order chi connectivity index (χ1) is 8.04. The molecule has 2 unspecified atom stereocenters. The Kier molecular flexibility index (Phi) is 3.36. The summed E-state index contributed by atoms with van der Waals surface area (Å²) >= 11 is 0. The fourth-order valence-corrected chi connectivity index (χ4v) is 2.81. The van der Waals surface area contributed by atoms with Gasteiger partial charge in [-0.1, -0.05) is 6.92 Å². The van der Waals surface area contributed by atoms with Crippen molar-refractivity contribution in [2.45, 2.75) is 52.1 Å². The van der Waals surface area contributed by atoms with E-state index >= 15 is 0 Å². The van der Waals surface area contributed by atoms with Crippen molar-refractivity contribution in [3.8, 4) is 0 Å². The summed E-state index contributed by atoms with van der Waals surface area (Å²) < 4.78 is 27.9. The van der Waals surface area contributed by atoms with Crippen LogP contribution in [0.5, 0.6) is 0 Å². The minimum atomic E-state index is -0.435. The molecular weight excluding hydrogens is 220 g/mol. The number of benzene rings is 1. The van der Waals surface area contributed by atoms with Crippen molar-refractivity contribution in [3.05, 3.63) is 29.3 Å². The summed E-state index contributed by atoms with van der Waals surface area (Å²) in [6, 6.07) is 3.30. The van der Waals surface area contributed by atoms with Crippen molar-refractivity contribution >= 4 is 5.69 Å². The van der Waals surface area contributed by atoms with E-state index in [4.69, 9.17) is 0 Å². The van der Waals surface area contributed by atoms with Crippen molar-refractivity contribution in [1.29, 1.82) is 0 Å². The summed E-state index contributed by atoms with van der Waals surface area (Å²) in [5.41, 5.74) is 0.788. The Labute approximate surface area is 101 Å². The van der Waals surface area contributed by atoms with Crippen LogP contribution in [0.4, 0.5) is 14.5 Å². The highest BCUT2D eigenvalue weighted by atomic mass is 19.1. The minimum Gasteiger partial charge on any atom is -0.361 e. The maximum Gasteiger partial charge on any atom is 0.149 e. The molecule has 2 atom stereocenters. The molecule has 1 heterocycles. The van der Waals surface area contributed by atoms with Crippen molar-refractivity contribution < 1.29 is 8.78 Å². The van der Waals surface area contributed by atoms with Crippen LogP contribution in [-0.4, -0.2) is 12.1 Å². The summed E-state index contributed by atoms with van der Waals surface area (Å²) in [5.74, 6) is -0.871. The third-order valence-corrected chi connectivity index (χ3v) is 3.68. The largest absolute Gasteiger partial charge is 0.361 e. The Morgan fingerprint density at radius 1 is 1.24 bits per heavy atom. The van der Waals surface area contributed by atoms with Crippen LogP contribution >= 0.6 is 0 Å². The molecule has 1 aromatic carbocycles. The molecule has 3 heteroatoms. The molecule has 1 aliphatic heterocycles. The molecule has 1 saturated heterocycles. The molecule has 2 rings (SSSR count). The Bertz CT molecular complexity index is 394. The first kappa shape index (κ1) is 12.3. The van der Waals surface area contributed by atoms with Crippen molar-refractivity contribution in [1.82, 2.24) is 0 Å². The van der Waals surface area contributed by atoms with Crippen molar-refractivity contribution in [2.24, 2.45) is 0 Å². The van der Waals surface area contributed by atoms with Gasteiger partial charge in [0.25, 0.3) is 0 Å². The zero-order valence-electron chi connectivity index (χ0n) is 10.6. The Balaban J connectivity index is 2.45. The molecular formula is C14H19F2N. The summed E-state index contributed by atoms with van der Waals surface area (Å²) in [4.78, 5) is 1.92. The lowest BCUT2D eigenvalue weighted by Crippen LogP contribution is -2.35. The lowest BCUT2D eigenvalue weighted by molar-refractivity contribution is 0.542. The van der Waals surface area contributed by atoms with Crippen molar-refractivity contribution in [3.63, 3.8) is 0 Å². The molecule has 0 aliphatic carbocycles. The van der Waals surface area contributed by atoms with Gasteiger partial charge in [0.1, 0.15) is 17.3 Å². The molecule has 1 nitrogen and oxygen atoms in total. The number of anilines is 1. The predicted molar refractivity (Wildman–Crippen MR) is 66.3 cm³/mol. The standard InChI is InChI=1S/C14H19F2N/c1-4-11-6-5-10(3)17(11)14-12(15)7-9(2)8-13(14)16/h7-8,10-11H,4-6H2,1-3H3. The van der Waals surface area contributed by atoms with Gasteiger partial charge in [-0.2, -0.15) is 0 Å². The second-order valence-corrected chi connectivity index (χ2v) is 4.97. The van der Waals surface area contributed by atoms with E-state index in [0.717, 1.165) is 19.3 Å². The quantitative estimate of drug-likeness (QED) is 0.752. The van der Waals surface area contributed by atoms with E-state index in [2.05, 4.69) is 6.92 Å². The van der Waals surface area contributed by atoms with Crippen LogP contribution in [0.1, 0.15) is 38.7 Å². The van der Waals surface area contributed by atoms with E-state index in [1.807, 2.05) is 11.8 Å². The van der Waals surface area contributed by atoms with Crippen LogP contribution in [0.25, 0.3) is 0 Å². The van der Waals surface area contributed by atoms with E-state index in [-0.39, 0.29) is 17.8 Å². The van der Waals surface area contributed by atoms with Crippen LogP contribution in [0, 0.1) is 18.6 Å². The second kappa shape index (κ2) is 4.63. The molecule has 94 valence electrons. The second-order valence-electron chi connectivity index (χ2n) is 4.97. The van der Waals surface area contributed by atoms with Gasteiger partial charge in [0.15, 0.2) is 0 Å². The van der Waals surface area contributed by atoms with Gasteiger partial charge in [-0.25, -0.2) is 8.78 Å². The van der Waals surface area contributed by atoms with E-state index < -0.39 is 11.6 Å². The van der Waals surface area contributed by atoms with Gasteiger partial charge in [-0.3, -0.25) is 0 Å². The average molecular weight is 239 g/mol. The van der Waals surface area contributed by atoms with Crippen molar-refractivity contribution in [2.75, 3.05) is 4.90 Å². The summed E-state index contributed by atoms with van der Waals surface area (Å²) in [6.07, 6.45) is 2.95. The van der Waals surface area contributed by atoms with Crippen LogP contribution < -0.4 is 4.90 Å². The summed E-state index contributed by atoms with van der Waals surface area (Å²) in [5, 5.41) is 0. The third-order valence-electron chi connectivity index (χ3n) is 3.68. The fourth-order valence-electron chi connectivity index (χ4n) is 2.81. The topological polar surface area (TPSA) is 3.24 Å². The molecule has 0 aromatic heterocycles. The summed E-state index contributed by atoms with van der Waals surface area (Å²) in [6.45, 7) is 5.81. The highest BCUT2D eigenvalue weighted by molar-refractivity contribution is 5.53. The number of halogens is 2. The van der Waals surface area contributed by atoms with Crippen LogP contribution in [0.3, 0.4) is 0 Å². The lowest BCUT2D eigenvalue weighted by atomic mass is 10.1. The molecule has 1 aliphatic rings. The number of nitrogens with zero attached hydrogens (tertiary/aromatic N) is 1. The number of aryl methyl sites for hydroxylation is 1. The number of rotatable bonds is 2. The van der Waals surface area contributed by atoms with Gasteiger partial charge in [-0.15, -0.1) is 0 Å². The first-order valence-electron chi connectivity index (χ1n) is 6.28. The van der Waals surface area contributed by atoms with E-state index in [0.29, 0.717) is 5.56 Å². The van der Waals surface area contributed by atoms with Gasteiger partial charge >= 0.3 is 0 Å². The SMILES string of the molecule is CCC1CCC(C)N1c1c(F)cc(C)cc1F. The Morgan fingerprint density at radius 2 is 1.82 bits per heavy atom. The third kappa shape index (κ3) is 2.15.